The van der Waals surface area contributed by atoms with Crippen molar-refractivity contribution in [3.8, 4) is 0 Å². The molecule has 0 amide bonds. The highest BCUT2D eigenvalue weighted by Crippen LogP contribution is 2.70. The van der Waals surface area contributed by atoms with Crippen LogP contribution in [0.3, 0.4) is 0 Å². The molecule has 5 aliphatic rings. The van der Waals surface area contributed by atoms with E-state index >= 15 is 0 Å². The minimum Gasteiger partial charge on any atom is -0.462 e. The van der Waals surface area contributed by atoms with E-state index in [1.54, 1.807) is 0 Å². The summed E-state index contributed by atoms with van der Waals surface area (Å²) < 4.78 is 23.7. The predicted molar refractivity (Wildman–Crippen MR) is 127 cm³/mol. The van der Waals surface area contributed by atoms with Crippen LogP contribution in [0.5, 0.6) is 0 Å². The number of rotatable bonds is 4. The Morgan fingerprint density at radius 3 is 2.46 bits per heavy atom. The average molecular weight is 489 g/mol. The fraction of sp³-hybridized carbons (Fsp3) is 0.821. The van der Waals surface area contributed by atoms with Gasteiger partial charge in [-0.05, 0) is 75.5 Å². The summed E-state index contributed by atoms with van der Waals surface area (Å²) in [6.45, 7) is 10.9. The van der Waals surface area contributed by atoms with E-state index in [2.05, 4.69) is 19.9 Å². The Balaban J connectivity index is 1.46. The molecule has 0 N–H and O–H groups in total. The van der Waals surface area contributed by atoms with Gasteiger partial charge in [-0.15, -0.1) is 0 Å². The first kappa shape index (κ1) is 24.9. The SMILES string of the molecule is CC(=O)OCC(=O)[C@@]12OC(C)(C)O[C@@H]1C[C@H]1[C@@H]3CC=C4C[C@@H](OC(C)=O)CC[C@]4(C)[C@H]3CC[C@@]12C. The summed E-state index contributed by atoms with van der Waals surface area (Å²) >= 11 is 0. The smallest absolute Gasteiger partial charge is 0.303 e. The fourth-order valence-corrected chi connectivity index (χ4v) is 8.84. The van der Waals surface area contributed by atoms with Gasteiger partial charge in [0.1, 0.15) is 6.10 Å². The van der Waals surface area contributed by atoms with Crippen LogP contribution in [0, 0.1) is 28.6 Å². The predicted octanol–water partition coefficient (Wildman–Crippen LogP) is 4.51. The molecule has 0 bridgehead atoms. The standard InChI is InChI=1S/C28H40O7/c1-16(29)32-15-23(31)28-24(34-25(3,4)35-28)14-22-20-8-7-18-13-19(33-17(2)30)9-11-26(18,5)21(20)10-12-27(22,28)6/h7,19-22,24H,8-15H2,1-6H3/t19-,20+,21-,22-,24+,26-,27-,28+/m0/s1. The van der Waals surface area contributed by atoms with Gasteiger partial charge in [0.15, 0.2) is 18.0 Å². The largest absolute Gasteiger partial charge is 0.462 e. The van der Waals surface area contributed by atoms with E-state index in [0.717, 1.165) is 44.9 Å². The Morgan fingerprint density at radius 1 is 1.03 bits per heavy atom. The van der Waals surface area contributed by atoms with Gasteiger partial charge in [-0.1, -0.05) is 25.5 Å². The van der Waals surface area contributed by atoms with Gasteiger partial charge in [-0.2, -0.15) is 0 Å². The van der Waals surface area contributed by atoms with Gasteiger partial charge < -0.3 is 18.9 Å². The first-order valence-corrected chi connectivity index (χ1v) is 13.2. The summed E-state index contributed by atoms with van der Waals surface area (Å²) in [7, 11) is 0. The van der Waals surface area contributed by atoms with Crippen LogP contribution < -0.4 is 0 Å². The highest BCUT2D eigenvalue weighted by molar-refractivity contribution is 5.92. The zero-order valence-corrected chi connectivity index (χ0v) is 22.0. The normalized spacial score (nSPS) is 45.3. The summed E-state index contributed by atoms with van der Waals surface area (Å²) in [6, 6.07) is 0. The summed E-state index contributed by atoms with van der Waals surface area (Å²) in [4.78, 5) is 36.8. The van der Waals surface area contributed by atoms with Gasteiger partial charge in [0.05, 0.1) is 6.10 Å². The lowest BCUT2D eigenvalue weighted by Crippen LogP contribution is -2.61. The molecule has 8 atom stereocenters. The average Bonchev–Trinajstić information content (AvgIpc) is 3.17. The third kappa shape index (κ3) is 3.63. The molecule has 4 fully saturated rings. The molecule has 35 heavy (non-hydrogen) atoms. The molecule has 1 heterocycles. The first-order chi connectivity index (χ1) is 16.3. The van der Waals surface area contributed by atoms with E-state index in [0.29, 0.717) is 11.8 Å². The number of hydrogen-bond acceptors (Lipinski definition) is 7. The molecule has 0 unspecified atom stereocenters. The lowest BCUT2D eigenvalue weighted by atomic mass is 9.46. The number of fused-ring (bicyclic) bond motifs is 7. The number of carbonyl (C=O) groups excluding carboxylic acids is 3. The Kier molecular flexibility index (Phi) is 5.80. The molecule has 0 aromatic rings. The van der Waals surface area contributed by atoms with Gasteiger partial charge in [0, 0.05) is 25.7 Å². The monoisotopic (exact) mass is 488 g/mol. The van der Waals surface area contributed by atoms with Crippen molar-refractivity contribution < 1.29 is 33.3 Å². The summed E-state index contributed by atoms with van der Waals surface area (Å²) in [5, 5.41) is 0. The number of ether oxygens (including phenoxy) is 4. The van der Waals surface area contributed by atoms with Gasteiger partial charge in [0.25, 0.3) is 0 Å². The molecule has 3 saturated carbocycles. The van der Waals surface area contributed by atoms with Crippen LogP contribution in [0.1, 0.15) is 86.5 Å². The maximum Gasteiger partial charge on any atom is 0.303 e. The molecule has 1 saturated heterocycles. The first-order valence-electron chi connectivity index (χ1n) is 13.2. The van der Waals surface area contributed by atoms with Crippen molar-refractivity contribution in [3.05, 3.63) is 11.6 Å². The second kappa shape index (κ2) is 8.14. The summed E-state index contributed by atoms with van der Waals surface area (Å²) in [5.74, 6) is -0.461. The van der Waals surface area contributed by atoms with Gasteiger partial charge in [-0.3, -0.25) is 14.4 Å². The van der Waals surface area contributed by atoms with Gasteiger partial charge in [0.2, 0.25) is 5.78 Å². The molecule has 194 valence electrons. The van der Waals surface area contributed by atoms with E-state index in [1.807, 2.05) is 13.8 Å². The number of hydrogen-bond donors (Lipinski definition) is 0. The van der Waals surface area contributed by atoms with Crippen molar-refractivity contribution in [2.24, 2.45) is 28.6 Å². The third-order valence-electron chi connectivity index (χ3n) is 10.2. The van der Waals surface area contributed by atoms with E-state index in [1.165, 1.54) is 19.4 Å². The van der Waals surface area contributed by atoms with Crippen LogP contribution in [0.2, 0.25) is 0 Å². The highest BCUT2D eigenvalue weighted by atomic mass is 16.8. The van der Waals surface area contributed by atoms with E-state index < -0.39 is 17.4 Å². The Hall–Kier alpha value is -1.73. The Labute approximate surface area is 208 Å². The molecule has 0 spiro atoms. The molecule has 0 aromatic carbocycles. The number of carbonyl (C=O) groups is 3. The van der Waals surface area contributed by atoms with Crippen molar-refractivity contribution in [2.45, 2.75) is 110 Å². The molecular weight excluding hydrogens is 448 g/mol. The molecule has 4 aliphatic carbocycles. The zero-order chi connectivity index (χ0) is 25.4. The molecular formula is C28H40O7. The fourth-order valence-electron chi connectivity index (χ4n) is 8.84. The molecule has 7 heteroatoms. The van der Waals surface area contributed by atoms with Crippen LogP contribution >= 0.6 is 0 Å². The molecule has 7 nitrogen and oxygen atoms in total. The van der Waals surface area contributed by atoms with Crippen LogP contribution in [-0.2, 0) is 33.3 Å². The lowest BCUT2D eigenvalue weighted by Gasteiger charge is -2.59. The van der Waals surface area contributed by atoms with Gasteiger partial charge >= 0.3 is 11.9 Å². The number of allylic oxidation sites excluding steroid dienone is 1. The highest BCUT2D eigenvalue weighted by Gasteiger charge is 2.75. The van der Waals surface area contributed by atoms with Crippen molar-refractivity contribution in [2.75, 3.05) is 6.61 Å². The molecule has 0 aromatic heterocycles. The van der Waals surface area contributed by atoms with Crippen molar-refractivity contribution in [3.63, 3.8) is 0 Å². The van der Waals surface area contributed by atoms with Crippen LogP contribution in [0.25, 0.3) is 0 Å². The van der Waals surface area contributed by atoms with Gasteiger partial charge in [-0.25, -0.2) is 0 Å². The van der Waals surface area contributed by atoms with E-state index in [-0.39, 0.29) is 47.3 Å². The third-order valence-corrected chi connectivity index (χ3v) is 10.2. The Bertz CT molecular complexity index is 968. The summed E-state index contributed by atoms with van der Waals surface area (Å²) in [6.07, 6.45) is 8.41. The van der Waals surface area contributed by atoms with E-state index in [9.17, 15) is 14.4 Å². The lowest BCUT2D eigenvalue weighted by molar-refractivity contribution is -0.215. The second-order valence-corrected chi connectivity index (χ2v) is 12.5. The van der Waals surface area contributed by atoms with Crippen LogP contribution in [-0.4, -0.2) is 47.9 Å². The minimum atomic E-state index is -1.10. The second-order valence-electron chi connectivity index (χ2n) is 12.5. The number of ketones is 1. The maximum absolute atomic E-state index is 13.7. The van der Waals surface area contributed by atoms with Crippen LogP contribution in [0.4, 0.5) is 0 Å². The summed E-state index contributed by atoms with van der Waals surface area (Å²) in [5.41, 5.74) is 0.0429. The Morgan fingerprint density at radius 2 is 1.77 bits per heavy atom. The zero-order valence-electron chi connectivity index (χ0n) is 22.0. The number of esters is 2. The molecule has 0 radical (unpaired) electrons. The minimum absolute atomic E-state index is 0.0192. The molecule has 1 aliphatic heterocycles. The van der Waals surface area contributed by atoms with Crippen molar-refractivity contribution in [1.29, 1.82) is 0 Å². The van der Waals surface area contributed by atoms with E-state index in [4.69, 9.17) is 18.9 Å². The topological polar surface area (TPSA) is 88.1 Å². The van der Waals surface area contributed by atoms with Crippen LogP contribution in [0.15, 0.2) is 11.6 Å². The van der Waals surface area contributed by atoms with Crippen molar-refractivity contribution >= 4 is 17.7 Å². The molecule has 5 rings (SSSR count). The number of Topliss-reactive ketones (excluding diaryl/α,β-unsaturated/α-hetero) is 1. The maximum atomic E-state index is 13.7. The quantitative estimate of drug-likeness (QED) is 0.425. The van der Waals surface area contributed by atoms with Crippen molar-refractivity contribution in [1.82, 2.24) is 0 Å².